The number of ether oxygens (including phenoxy) is 2. The van der Waals surface area contributed by atoms with Crippen molar-refractivity contribution in [1.82, 2.24) is 5.32 Å². The third-order valence-corrected chi connectivity index (χ3v) is 7.75. The average molecular weight is 514 g/mol. The molecular formula is C26H31N3O8. The first kappa shape index (κ1) is 26.4. The lowest BCUT2D eigenvalue weighted by Gasteiger charge is -2.44. The van der Waals surface area contributed by atoms with Gasteiger partial charge in [-0.1, -0.05) is 24.3 Å². The van der Waals surface area contributed by atoms with Gasteiger partial charge in [-0.05, 0) is 51.5 Å². The van der Waals surface area contributed by atoms with E-state index in [0.717, 1.165) is 0 Å². The molecule has 6 atom stereocenters. The van der Waals surface area contributed by atoms with E-state index < -0.39 is 53.6 Å². The maximum atomic E-state index is 12.9. The number of nitrogens with one attached hydrogen (secondary N) is 2. The molecule has 7 N–H and O–H groups in total. The van der Waals surface area contributed by atoms with Crippen molar-refractivity contribution in [1.29, 1.82) is 0 Å². The second-order valence-corrected chi connectivity index (χ2v) is 9.87. The van der Waals surface area contributed by atoms with Crippen molar-refractivity contribution in [3.8, 4) is 5.75 Å². The van der Waals surface area contributed by atoms with Gasteiger partial charge in [0.25, 0.3) is 0 Å². The third-order valence-electron chi connectivity index (χ3n) is 7.75. The normalized spacial score (nSPS) is 32.6. The van der Waals surface area contributed by atoms with Crippen molar-refractivity contribution in [2.75, 3.05) is 11.9 Å². The van der Waals surface area contributed by atoms with Gasteiger partial charge in [-0.15, -0.1) is 0 Å². The minimum absolute atomic E-state index is 0.0905. The summed E-state index contributed by atoms with van der Waals surface area (Å²) in [4.78, 5) is 37.0. The number of nitrogens with two attached hydrogens (primary N) is 1. The number of esters is 1. The lowest BCUT2D eigenvalue weighted by Crippen LogP contribution is -2.72. The Bertz CT molecular complexity index is 1240. The molecule has 1 saturated heterocycles. The molecule has 0 aromatic heterocycles. The maximum absolute atomic E-state index is 12.9. The highest BCUT2D eigenvalue weighted by molar-refractivity contribution is 5.95. The number of carbonyl (C=O) groups is 3. The zero-order chi connectivity index (χ0) is 27.3. The summed E-state index contributed by atoms with van der Waals surface area (Å²) in [7, 11) is 0. The van der Waals surface area contributed by atoms with E-state index in [1.54, 1.807) is 43.3 Å². The van der Waals surface area contributed by atoms with Gasteiger partial charge in [0, 0.05) is 11.3 Å². The van der Waals surface area contributed by atoms with Gasteiger partial charge in [0.15, 0.2) is 11.4 Å². The molecule has 1 amide bonds. The van der Waals surface area contributed by atoms with Crippen molar-refractivity contribution >= 4 is 23.5 Å². The molecule has 11 heteroatoms. The number of phenols is 1. The number of benzene rings is 2. The van der Waals surface area contributed by atoms with Crippen LogP contribution in [-0.2, 0) is 9.47 Å². The van der Waals surface area contributed by atoms with Crippen LogP contribution >= 0.6 is 0 Å². The Morgan fingerprint density at radius 3 is 2.49 bits per heavy atom. The number of hydrogen-bond donors (Lipinski definition) is 6. The second kappa shape index (κ2) is 9.02. The van der Waals surface area contributed by atoms with Gasteiger partial charge >= 0.3 is 12.1 Å². The molecule has 0 unspecified atom stereocenters. The van der Waals surface area contributed by atoms with Gasteiger partial charge in [-0.25, -0.2) is 9.59 Å². The summed E-state index contributed by atoms with van der Waals surface area (Å²) in [6.07, 6.45) is -1.80. The Hall–Kier alpha value is -3.67. The summed E-state index contributed by atoms with van der Waals surface area (Å²) in [5, 5.41) is 39.7. The van der Waals surface area contributed by atoms with E-state index in [-0.39, 0.29) is 17.1 Å². The molecule has 1 aliphatic heterocycles. The van der Waals surface area contributed by atoms with Crippen molar-refractivity contribution in [2.45, 2.75) is 62.6 Å². The fourth-order valence-corrected chi connectivity index (χ4v) is 5.58. The van der Waals surface area contributed by atoms with Crippen molar-refractivity contribution in [2.24, 2.45) is 5.73 Å². The van der Waals surface area contributed by atoms with Crippen LogP contribution in [0.4, 0.5) is 10.5 Å². The van der Waals surface area contributed by atoms with E-state index in [0.29, 0.717) is 16.8 Å². The molecule has 0 bridgehead atoms. The molecule has 2 fully saturated rings. The summed E-state index contributed by atoms with van der Waals surface area (Å²) in [6.45, 7) is 5.08. The maximum Gasteiger partial charge on any atom is 0.408 e. The van der Waals surface area contributed by atoms with Crippen LogP contribution in [0.5, 0.6) is 5.75 Å². The molecule has 1 spiro atoms. The average Bonchev–Trinajstić information content (AvgIpc) is 3.20. The number of alkyl carbamates (subject to hydrolysis) is 1. The third kappa shape index (κ3) is 3.90. The minimum Gasteiger partial charge on any atom is -0.507 e. The topological polar surface area (TPSA) is 180 Å². The summed E-state index contributed by atoms with van der Waals surface area (Å²) in [6, 6.07) is 8.61. The number of phenolic OH excluding ortho intramolecular Hbond substituents is 1. The second-order valence-electron chi connectivity index (χ2n) is 9.87. The summed E-state index contributed by atoms with van der Waals surface area (Å²) in [5.41, 5.74) is 1.63. The molecule has 198 valence electrons. The van der Waals surface area contributed by atoms with Crippen molar-refractivity contribution in [3.05, 3.63) is 59.2 Å². The fourth-order valence-electron chi connectivity index (χ4n) is 5.58. The Morgan fingerprint density at radius 2 is 1.89 bits per heavy atom. The first-order chi connectivity index (χ1) is 17.3. The van der Waals surface area contributed by atoms with Crippen LogP contribution < -0.4 is 16.4 Å². The van der Waals surface area contributed by atoms with Crippen LogP contribution in [-0.4, -0.2) is 74.7 Å². The summed E-state index contributed by atoms with van der Waals surface area (Å²) in [5.74, 6) is -1.41. The first-order valence-corrected chi connectivity index (χ1v) is 11.8. The fraction of sp³-hybridized carbons (Fsp3) is 0.423. The Morgan fingerprint density at radius 1 is 1.22 bits per heavy atom. The molecule has 4 rings (SSSR count). The van der Waals surface area contributed by atoms with Crippen molar-refractivity contribution < 1.29 is 39.2 Å². The van der Waals surface area contributed by atoms with E-state index >= 15 is 0 Å². The number of aliphatic hydroxyl groups is 2. The Balaban J connectivity index is 1.75. The molecule has 1 heterocycles. The van der Waals surface area contributed by atoms with Gasteiger partial charge in [0.2, 0.25) is 0 Å². The smallest absolute Gasteiger partial charge is 0.408 e. The molecule has 2 aromatic rings. The lowest BCUT2D eigenvalue weighted by molar-refractivity contribution is -0.177. The van der Waals surface area contributed by atoms with Gasteiger partial charge < -0.3 is 41.2 Å². The zero-order valence-corrected chi connectivity index (χ0v) is 20.9. The van der Waals surface area contributed by atoms with Gasteiger partial charge in [0.05, 0.1) is 12.1 Å². The molecule has 37 heavy (non-hydrogen) atoms. The highest BCUT2D eigenvalue weighted by Gasteiger charge is 2.78. The molecular weight excluding hydrogens is 482 g/mol. The molecule has 2 aliphatic rings. The predicted molar refractivity (Wildman–Crippen MR) is 132 cm³/mol. The number of cyclic esters (lactones) is 1. The Labute approximate surface area is 213 Å². The minimum atomic E-state index is -2.28. The monoisotopic (exact) mass is 513 g/mol. The van der Waals surface area contributed by atoms with Crippen LogP contribution in [0.15, 0.2) is 42.5 Å². The van der Waals surface area contributed by atoms with E-state index in [4.69, 9.17) is 15.2 Å². The van der Waals surface area contributed by atoms with Gasteiger partial charge in [-0.2, -0.15) is 0 Å². The number of aryl methyl sites for hydroxylation is 1. The van der Waals surface area contributed by atoms with E-state index in [9.17, 15) is 29.7 Å². The number of amides is 1. The number of Topliss-reactive ketones (excluding diaryl/α,β-unsaturated/α-hetero) is 1. The molecule has 2 aromatic carbocycles. The molecule has 1 saturated carbocycles. The molecule has 11 nitrogen and oxygen atoms in total. The van der Waals surface area contributed by atoms with Gasteiger partial charge in [0.1, 0.15) is 35.2 Å². The predicted octanol–water partition coefficient (Wildman–Crippen LogP) is 1.23. The van der Waals surface area contributed by atoms with Crippen LogP contribution in [0.2, 0.25) is 0 Å². The van der Waals surface area contributed by atoms with E-state index in [1.165, 1.54) is 26.8 Å². The SMILES string of the molecule is CC(=O)c1cccc(N[C@H]2[C@H](N)[C@]3(NC(=O)O[C@H]3C)[C@@](C)(O)[C@@]2(O)COC(=O)c2c(C)cccc2O)c1. The Kier molecular flexibility index (Phi) is 6.43. The van der Waals surface area contributed by atoms with E-state index in [1.807, 2.05) is 0 Å². The highest BCUT2D eigenvalue weighted by atomic mass is 16.6. The summed E-state index contributed by atoms with van der Waals surface area (Å²) >= 11 is 0. The van der Waals surface area contributed by atoms with Crippen LogP contribution in [0, 0.1) is 6.92 Å². The largest absolute Gasteiger partial charge is 0.507 e. The molecule has 0 radical (unpaired) electrons. The molecule has 1 aliphatic carbocycles. The summed E-state index contributed by atoms with van der Waals surface area (Å²) < 4.78 is 10.7. The number of ketones is 1. The number of aromatic hydroxyl groups is 1. The van der Waals surface area contributed by atoms with Crippen LogP contribution in [0.1, 0.15) is 47.1 Å². The highest BCUT2D eigenvalue weighted by Crippen LogP contribution is 2.51. The lowest BCUT2D eigenvalue weighted by atomic mass is 9.74. The number of rotatable bonds is 6. The van der Waals surface area contributed by atoms with Crippen LogP contribution in [0.3, 0.4) is 0 Å². The zero-order valence-electron chi connectivity index (χ0n) is 20.9. The quantitative estimate of drug-likeness (QED) is 0.243. The number of anilines is 1. The number of carbonyl (C=O) groups excluding carboxylic acids is 3. The van der Waals surface area contributed by atoms with Crippen LogP contribution in [0.25, 0.3) is 0 Å². The number of hydrogen-bond acceptors (Lipinski definition) is 10. The van der Waals surface area contributed by atoms with E-state index in [2.05, 4.69) is 10.6 Å². The van der Waals surface area contributed by atoms with Crippen molar-refractivity contribution in [3.63, 3.8) is 0 Å². The standard InChI is InChI=1S/C26H31N3O8/c1-13-7-5-10-18(31)19(13)22(32)36-12-25(35)21(28-17-9-6-8-16(11-17)14(2)30)20(27)26(24(25,4)34)15(3)37-23(33)29-26/h5-11,15,20-21,28,31,34-35H,12,27H2,1-4H3,(H,29,33)/t15-,20-,21-,24-,25+,26-/m0/s1. The first-order valence-electron chi connectivity index (χ1n) is 11.8. The van der Waals surface area contributed by atoms with Gasteiger partial charge in [-0.3, -0.25) is 4.79 Å².